The Bertz CT molecular complexity index is 1230. The Balaban J connectivity index is 1.29. The zero-order chi connectivity index (χ0) is 23.9. The van der Waals surface area contributed by atoms with Crippen LogP contribution in [0.4, 0.5) is 0 Å². The minimum Gasteiger partial charge on any atom is -0.424 e. The van der Waals surface area contributed by atoms with Gasteiger partial charge in [-0.15, -0.1) is 0 Å². The molecule has 2 aliphatic carbocycles. The molecule has 0 spiro atoms. The topological polar surface area (TPSA) is 57.1 Å². The molecule has 6 nitrogen and oxygen atoms in total. The van der Waals surface area contributed by atoms with Crippen LogP contribution in [0, 0.1) is 18.3 Å². The van der Waals surface area contributed by atoms with Crippen molar-refractivity contribution in [3.05, 3.63) is 53.7 Å². The lowest BCUT2D eigenvalue weighted by Gasteiger charge is -2.33. The van der Waals surface area contributed by atoms with E-state index in [4.69, 9.17) is 4.74 Å². The maximum Gasteiger partial charge on any atom is 0.315 e. The van der Waals surface area contributed by atoms with E-state index >= 15 is 0 Å². The van der Waals surface area contributed by atoms with Gasteiger partial charge in [-0.05, 0) is 38.2 Å². The van der Waals surface area contributed by atoms with E-state index in [1.165, 1.54) is 6.42 Å². The second-order valence-electron chi connectivity index (χ2n) is 10.2. The number of fused-ring (bicyclic) bond motifs is 3. The fourth-order valence-corrected chi connectivity index (χ4v) is 6.15. The number of nitrogens with zero attached hydrogens (tertiary/aromatic N) is 3. The van der Waals surface area contributed by atoms with E-state index in [1.54, 1.807) is 0 Å². The molecule has 0 bridgehead atoms. The quantitative estimate of drug-likeness (QED) is 0.387. The molecular formula is C28H36N3O3+. The minimum atomic E-state index is -0.306. The van der Waals surface area contributed by atoms with Gasteiger partial charge in [0, 0.05) is 36.1 Å². The first-order valence-electron chi connectivity index (χ1n) is 12.8. The Morgan fingerprint density at radius 1 is 1.21 bits per heavy atom. The van der Waals surface area contributed by atoms with Crippen molar-refractivity contribution in [1.82, 2.24) is 9.13 Å². The Kier molecular flexibility index (Phi) is 6.09. The van der Waals surface area contributed by atoms with E-state index < -0.39 is 0 Å². The van der Waals surface area contributed by atoms with E-state index in [0.29, 0.717) is 6.54 Å². The zero-order valence-corrected chi connectivity index (χ0v) is 20.7. The summed E-state index contributed by atoms with van der Waals surface area (Å²) in [5.41, 5.74) is 2.88. The number of rotatable bonds is 6. The molecule has 1 saturated carbocycles. The molecule has 180 valence electrons. The Hall–Kier alpha value is -2.89. The van der Waals surface area contributed by atoms with Gasteiger partial charge in [-0.25, -0.2) is 4.57 Å². The largest absolute Gasteiger partial charge is 0.424 e. The van der Waals surface area contributed by atoms with Crippen molar-refractivity contribution in [2.45, 2.75) is 78.5 Å². The van der Waals surface area contributed by atoms with Crippen LogP contribution >= 0.6 is 0 Å². The number of hydrogen-bond acceptors (Lipinski definition) is 3. The lowest BCUT2D eigenvalue weighted by atomic mass is 9.72. The van der Waals surface area contributed by atoms with Gasteiger partial charge in [-0.1, -0.05) is 44.4 Å². The number of aryl methyl sites for hydroxylation is 1. The molecule has 0 N–H and O–H groups in total. The van der Waals surface area contributed by atoms with Gasteiger partial charge >= 0.3 is 5.97 Å². The van der Waals surface area contributed by atoms with E-state index in [0.717, 1.165) is 72.9 Å². The van der Waals surface area contributed by atoms with Crippen LogP contribution in [0.2, 0.25) is 0 Å². The summed E-state index contributed by atoms with van der Waals surface area (Å²) in [6.45, 7) is 5.00. The van der Waals surface area contributed by atoms with Crippen LogP contribution in [0.5, 0.6) is 0 Å². The highest BCUT2D eigenvalue weighted by molar-refractivity contribution is 6.11. The van der Waals surface area contributed by atoms with Crippen LogP contribution < -0.4 is 4.57 Å². The number of imidazole rings is 1. The van der Waals surface area contributed by atoms with Gasteiger partial charge in [-0.2, -0.15) is 4.57 Å². The van der Waals surface area contributed by atoms with E-state index in [2.05, 4.69) is 35.2 Å². The number of ether oxygens (including phenoxy) is 1. The molecule has 2 aliphatic rings. The summed E-state index contributed by atoms with van der Waals surface area (Å²) in [5, 5.41) is 1.06. The van der Waals surface area contributed by atoms with Gasteiger partial charge < -0.3 is 9.30 Å². The molecular weight excluding hydrogens is 426 g/mol. The van der Waals surface area contributed by atoms with Crippen LogP contribution in [0.15, 0.2) is 36.7 Å². The first kappa shape index (κ1) is 22.9. The first-order chi connectivity index (χ1) is 16.4. The lowest BCUT2D eigenvalue weighted by Crippen LogP contribution is -2.42. The van der Waals surface area contributed by atoms with Gasteiger partial charge in [0.25, 0.3) is 5.82 Å². The van der Waals surface area contributed by atoms with Gasteiger partial charge in [0.15, 0.2) is 5.78 Å². The molecule has 1 atom stereocenters. The van der Waals surface area contributed by atoms with Crippen LogP contribution in [0.1, 0.15) is 73.7 Å². The summed E-state index contributed by atoms with van der Waals surface area (Å²) in [6, 6.07) is 8.19. The van der Waals surface area contributed by atoms with Crippen molar-refractivity contribution in [1.29, 1.82) is 0 Å². The molecule has 1 fully saturated rings. The third kappa shape index (κ3) is 3.77. The highest BCUT2D eigenvalue weighted by atomic mass is 16.5. The second-order valence-corrected chi connectivity index (χ2v) is 10.2. The number of aromatic nitrogens is 3. The Morgan fingerprint density at radius 2 is 1.97 bits per heavy atom. The number of para-hydroxylation sites is 1. The Labute approximate surface area is 201 Å². The number of Topliss-reactive ketones (excluding diaryl/α,β-unsaturated/α-hetero) is 1. The number of benzene rings is 1. The second kappa shape index (κ2) is 9.05. The van der Waals surface area contributed by atoms with Crippen LogP contribution in [0.25, 0.3) is 10.9 Å². The Morgan fingerprint density at radius 3 is 2.74 bits per heavy atom. The van der Waals surface area contributed by atoms with Gasteiger partial charge in [-0.3, -0.25) is 9.59 Å². The number of esters is 1. The standard InChI is InChI=1S/C28H36N3O3/c1-4-28(14-8-5-9-15-28)27(33)34-19-31-17-16-30(20(31)2)18-21-12-13-24-25(26(21)32)22-10-6-7-11-23(22)29(24)3/h6-7,10-11,16-17,21H,4-5,8-9,12-15,18-19H2,1-3H3/q+1. The number of carbonyl (C=O) groups excluding carboxylic acids is 2. The van der Waals surface area contributed by atoms with Crippen molar-refractivity contribution >= 4 is 22.7 Å². The average Bonchev–Trinajstić information content (AvgIpc) is 3.36. The predicted molar refractivity (Wildman–Crippen MR) is 130 cm³/mol. The molecule has 2 aromatic heterocycles. The molecule has 0 amide bonds. The molecule has 0 saturated heterocycles. The summed E-state index contributed by atoms with van der Waals surface area (Å²) in [7, 11) is 2.06. The molecule has 5 rings (SSSR count). The van der Waals surface area contributed by atoms with Crippen molar-refractivity contribution in [3.8, 4) is 0 Å². The van der Waals surface area contributed by atoms with Crippen molar-refractivity contribution in [3.63, 3.8) is 0 Å². The highest BCUT2D eigenvalue weighted by Gasteiger charge is 2.39. The average molecular weight is 463 g/mol. The maximum atomic E-state index is 13.5. The molecule has 0 radical (unpaired) electrons. The summed E-state index contributed by atoms with van der Waals surface area (Å²) in [5.74, 6) is 1.14. The zero-order valence-electron chi connectivity index (χ0n) is 20.7. The number of carbonyl (C=O) groups is 2. The highest BCUT2D eigenvalue weighted by Crippen LogP contribution is 2.40. The summed E-state index contributed by atoms with van der Waals surface area (Å²) in [6.07, 6.45) is 11.9. The van der Waals surface area contributed by atoms with Gasteiger partial charge in [0.1, 0.15) is 18.9 Å². The normalized spacial score (nSPS) is 19.9. The fraction of sp³-hybridized carbons (Fsp3) is 0.536. The monoisotopic (exact) mass is 462 g/mol. The van der Waals surface area contributed by atoms with Gasteiger partial charge in [0.05, 0.1) is 11.3 Å². The van der Waals surface area contributed by atoms with Crippen molar-refractivity contribution in [2.24, 2.45) is 18.4 Å². The third-order valence-electron chi connectivity index (χ3n) is 8.51. The molecule has 1 unspecified atom stereocenters. The molecule has 2 heterocycles. The minimum absolute atomic E-state index is 0.0500. The first-order valence-corrected chi connectivity index (χ1v) is 12.8. The lowest BCUT2D eigenvalue weighted by molar-refractivity contribution is -0.732. The molecule has 0 aliphatic heterocycles. The molecule has 3 aromatic rings. The fourth-order valence-electron chi connectivity index (χ4n) is 6.15. The third-order valence-corrected chi connectivity index (χ3v) is 8.51. The number of ketones is 1. The smallest absolute Gasteiger partial charge is 0.315 e. The summed E-state index contributed by atoms with van der Waals surface area (Å²) < 4.78 is 12.1. The van der Waals surface area contributed by atoms with E-state index in [9.17, 15) is 9.59 Å². The predicted octanol–water partition coefficient (Wildman–Crippen LogP) is 4.88. The van der Waals surface area contributed by atoms with Crippen LogP contribution in [0.3, 0.4) is 0 Å². The SMILES string of the molecule is CCC1(C(=O)OC[n+]2ccn(CC3CCc4c(c5ccccc5n4C)C3=O)c2C)CCCCC1. The van der Waals surface area contributed by atoms with Crippen LogP contribution in [-0.2, 0) is 36.3 Å². The molecule has 6 heteroatoms. The van der Waals surface area contributed by atoms with Gasteiger partial charge in [0.2, 0.25) is 6.73 Å². The number of hydrogen-bond donors (Lipinski definition) is 0. The van der Waals surface area contributed by atoms with E-state index in [-0.39, 0.29) is 29.8 Å². The van der Waals surface area contributed by atoms with Crippen LogP contribution in [-0.4, -0.2) is 20.9 Å². The molecule has 1 aromatic carbocycles. The maximum absolute atomic E-state index is 13.5. The van der Waals surface area contributed by atoms with Crippen molar-refractivity contribution in [2.75, 3.05) is 0 Å². The van der Waals surface area contributed by atoms with Crippen molar-refractivity contribution < 1.29 is 18.9 Å². The molecule has 34 heavy (non-hydrogen) atoms. The van der Waals surface area contributed by atoms with E-state index in [1.807, 2.05) is 36.0 Å². The summed E-state index contributed by atoms with van der Waals surface area (Å²) >= 11 is 0. The summed E-state index contributed by atoms with van der Waals surface area (Å²) in [4.78, 5) is 26.5.